The molecule has 66 valence electrons. The van der Waals surface area contributed by atoms with Crippen molar-refractivity contribution in [2.45, 2.75) is 12.6 Å². The Kier molecular flexibility index (Phi) is 4.37. The van der Waals surface area contributed by atoms with E-state index < -0.39 is 18.1 Å². The van der Waals surface area contributed by atoms with Gasteiger partial charge in [-0.2, -0.15) is 0 Å². The summed E-state index contributed by atoms with van der Waals surface area (Å²) < 4.78 is 12.7. The molecule has 1 saturated heterocycles. The first-order valence-electron chi connectivity index (χ1n) is 3.29. The van der Waals surface area contributed by atoms with E-state index in [1.165, 1.54) is 0 Å². The lowest BCUT2D eigenvalue weighted by molar-refractivity contribution is -0.144. The summed E-state index contributed by atoms with van der Waals surface area (Å²) in [6, 6.07) is 0. The van der Waals surface area contributed by atoms with Crippen molar-refractivity contribution in [3.63, 3.8) is 0 Å². The Bertz CT molecular complexity index is 145. The second-order valence-electron chi connectivity index (χ2n) is 2.45. The Labute approximate surface area is 70.4 Å². The lowest BCUT2D eigenvalue weighted by Gasteiger charge is -2.22. The quantitative estimate of drug-likeness (QED) is 0.620. The van der Waals surface area contributed by atoms with Crippen LogP contribution in [0.5, 0.6) is 0 Å². The fourth-order valence-electron chi connectivity index (χ4n) is 1.10. The number of carboxylic acids is 1. The Morgan fingerprint density at radius 2 is 2.27 bits per heavy atom. The van der Waals surface area contributed by atoms with Crippen LogP contribution < -0.4 is 5.32 Å². The largest absolute Gasteiger partial charge is 0.481 e. The van der Waals surface area contributed by atoms with E-state index in [9.17, 15) is 9.18 Å². The summed E-state index contributed by atoms with van der Waals surface area (Å²) in [7, 11) is 0. The Morgan fingerprint density at radius 3 is 2.64 bits per heavy atom. The van der Waals surface area contributed by atoms with Gasteiger partial charge in [0.05, 0.1) is 5.92 Å². The molecule has 1 aliphatic rings. The summed E-state index contributed by atoms with van der Waals surface area (Å²) in [6.45, 7) is 0.786. The SMILES string of the molecule is Cl.O=C(O)[C@@H]1CCNC[C@H]1F. The minimum Gasteiger partial charge on any atom is -0.481 e. The summed E-state index contributed by atoms with van der Waals surface area (Å²) in [6.07, 6.45) is -0.817. The standard InChI is InChI=1S/C6H10FNO2.ClH/c7-5-3-8-2-1-4(5)6(9)10;/h4-5,8H,1-3H2,(H,9,10);1H/t4-,5-;/m1./s1. The van der Waals surface area contributed by atoms with Gasteiger partial charge in [-0.25, -0.2) is 4.39 Å². The molecule has 0 saturated carbocycles. The molecule has 0 radical (unpaired) electrons. The van der Waals surface area contributed by atoms with Crippen LogP contribution in [0.25, 0.3) is 0 Å². The maximum Gasteiger partial charge on any atom is 0.309 e. The lowest BCUT2D eigenvalue weighted by Crippen LogP contribution is -2.41. The molecular weight excluding hydrogens is 173 g/mol. The zero-order chi connectivity index (χ0) is 7.56. The van der Waals surface area contributed by atoms with Gasteiger partial charge < -0.3 is 10.4 Å². The predicted molar refractivity (Wildman–Crippen MR) is 40.8 cm³/mol. The maximum atomic E-state index is 12.7. The van der Waals surface area contributed by atoms with Gasteiger partial charge >= 0.3 is 5.97 Å². The average molecular weight is 184 g/mol. The molecule has 1 fully saturated rings. The second kappa shape index (κ2) is 4.51. The Morgan fingerprint density at radius 1 is 1.64 bits per heavy atom. The highest BCUT2D eigenvalue weighted by Gasteiger charge is 2.30. The first kappa shape index (κ1) is 10.7. The van der Waals surface area contributed by atoms with Gasteiger partial charge in [-0.3, -0.25) is 4.79 Å². The zero-order valence-corrected chi connectivity index (χ0v) is 6.73. The molecule has 0 aromatic heterocycles. The topological polar surface area (TPSA) is 49.3 Å². The summed E-state index contributed by atoms with van der Waals surface area (Å²) >= 11 is 0. The zero-order valence-electron chi connectivity index (χ0n) is 5.92. The molecule has 11 heavy (non-hydrogen) atoms. The van der Waals surface area contributed by atoms with E-state index in [1.807, 2.05) is 0 Å². The van der Waals surface area contributed by atoms with E-state index in [0.717, 1.165) is 0 Å². The number of halogens is 2. The number of piperidine rings is 1. The summed E-state index contributed by atoms with van der Waals surface area (Å²) in [5, 5.41) is 11.2. The number of carboxylic acid groups (broad SMARTS) is 1. The van der Waals surface area contributed by atoms with E-state index >= 15 is 0 Å². The molecule has 0 amide bonds. The average Bonchev–Trinajstić information content (AvgIpc) is 1.88. The van der Waals surface area contributed by atoms with Crippen LogP contribution >= 0.6 is 12.4 Å². The highest BCUT2D eigenvalue weighted by atomic mass is 35.5. The van der Waals surface area contributed by atoms with Gasteiger partial charge in [-0.1, -0.05) is 0 Å². The van der Waals surface area contributed by atoms with Gasteiger partial charge in [0, 0.05) is 6.54 Å². The minimum absolute atomic E-state index is 0. The first-order chi connectivity index (χ1) is 4.72. The molecule has 0 aromatic rings. The number of hydrogen-bond acceptors (Lipinski definition) is 2. The molecular formula is C6H11ClFNO2. The smallest absolute Gasteiger partial charge is 0.309 e. The highest BCUT2D eigenvalue weighted by Crippen LogP contribution is 2.15. The van der Waals surface area contributed by atoms with Gasteiger partial charge in [0.15, 0.2) is 0 Å². The van der Waals surface area contributed by atoms with Gasteiger partial charge in [-0.05, 0) is 13.0 Å². The van der Waals surface area contributed by atoms with Gasteiger partial charge in [0.1, 0.15) is 6.17 Å². The summed E-state index contributed by atoms with van der Waals surface area (Å²) in [5.41, 5.74) is 0. The van der Waals surface area contributed by atoms with E-state index in [2.05, 4.69) is 5.32 Å². The number of hydrogen-bond donors (Lipinski definition) is 2. The Balaban J connectivity index is 0.000001000. The van der Waals surface area contributed by atoms with Gasteiger partial charge in [0.2, 0.25) is 0 Å². The number of aliphatic carboxylic acids is 1. The van der Waals surface area contributed by atoms with Crippen LogP contribution in [0.3, 0.4) is 0 Å². The molecule has 0 aliphatic carbocycles. The van der Waals surface area contributed by atoms with E-state index in [1.54, 1.807) is 0 Å². The van der Waals surface area contributed by atoms with Crippen LogP contribution in [0.1, 0.15) is 6.42 Å². The molecule has 0 bridgehead atoms. The molecule has 3 nitrogen and oxygen atoms in total. The molecule has 0 aromatic carbocycles. The Hall–Kier alpha value is -0.350. The summed E-state index contributed by atoms with van der Waals surface area (Å²) in [5.74, 6) is -1.81. The van der Waals surface area contributed by atoms with Crippen LogP contribution in [0.4, 0.5) is 4.39 Å². The molecule has 0 spiro atoms. The third-order valence-electron chi connectivity index (χ3n) is 1.73. The van der Waals surface area contributed by atoms with E-state index in [-0.39, 0.29) is 19.0 Å². The number of alkyl halides is 1. The van der Waals surface area contributed by atoms with E-state index in [4.69, 9.17) is 5.11 Å². The van der Waals surface area contributed by atoms with Crippen molar-refractivity contribution in [2.75, 3.05) is 13.1 Å². The van der Waals surface area contributed by atoms with Crippen molar-refractivity contribution >= 4 is 18.4 Å². The fourth-order valence-corrected chi connectivity index (χ4v) is 1.10. The van der Waals surface area contributed by atoms with Crippen molar-refractivity contribution in [3.8, 4) is 0 Å². The van der Waals surface area contributed by atoms with Gasteiger partial charge in [-0.15, -0.1) is 12.4 Å². The number of carbonyl (C=O) groups is 1. The third-order valence-corrected chi connectivity index (χ3v) is 1.73. The highest BCUT2D eigenvalue weighted by molar-refractivity contribution is 5.85. The monoisotopic (exact) mass is 183 g/mol. The van der Waals surface area contributed by atoms with Crippen LogP contribution in [0, 0.1) is 5.92 Å². The van der Waals surface area contributed by atoms with Gasteiger partial charge in [0.25, 0.3) is 0 Å². The van der Waals surface area contributed by atoms with Crippen LogP contribution in [-0.4, -0.2) is 30.3 Å². The second-order valence-corrected chi connectivity index (χ2v) is 2.45. The number of nitrogens with one attached hydrogen (secondary N) is 1. The van der Waals surface area contributed by atoms with Crippen molar-refractivity contribution in [3.05, 3.63) is 0 Å². The third kappa shape index (κ3) is 2.63. The van der Waals surface area contributed by atoms with Crippen molar-refractivity contribution in [2.24, 2.45) is 5.92 Å². The molecule has 5 heteroatoms. The van der Waals surface area contributed by atoms with Crippen molar-refractivity contribution < 1.29 is 14.3 Å². The fraction of sp³-hybridized carbons (Fsp3) is 0.833. The molecule has 0 unspecified atom stereocenters. The van der Waals surface area contributed by atoms with Crippen LogP contribution in [0.15, 0.2) is 0 Å². The first-order valence-corrected chi connectivity index (χ1v) is 3.29. The lowest BCUT2D eigenvalue weighted by atomic mass is 9.97. The van der Waals surface area contributed by atoms with Crippen LogP contribution in [0.2, 0.25) is 0 Å². The van der Waals surface area contributed by atoms with Crippen LogP contribution in [-0.2, 0) is 4.79 Å². The molecule has 2 N–H and O–H groups in total. The van der Waals surface area contributed by atoms with Crippen molar-refractivity contribution in [1.29, 1.82) is 0 Å². The normalized spacial score (nSPS) is 30.6. The predicted octanol–water partition coefficient (Wildman–Crippen LogP) is 0.440. The molecule has 1 heterocycles. The summed E-state index contributed by atoms with van der Waals surface area (Å²) in [4.78, 5) is 10.3. The molecule has 1 aliphatic heterocycles. The molecule has 1 rings (SSSR count). The van der Waals surface area contributed by atoms with E-state index in [0.29, 0.717) is 13.0 Å². The maximum absolute atomic E-state index is 12.7. The number of rotatable bonds is 1. The van der Waals surface area contributed by atoms with Crippen molar-refractivity contribution in [1.82, 2.24) is 5.32 Å². The molecule has 2 atom stereocenters. The minimum atomic E-state index is -1.22.